The molecular formula is C21H25N3O4S2. The summed E-state index contributed by atoms with van der Waals surface area (Å²) in [6.07, 6.45) is 1.81. The van der Waals surface area contributed by atoms with E-state index in [-0.39, 0.29) is 11.6 Å². The van der Waals surface area contributed by atoms with Crippen LogP contribution in [-0.4, -0.2) is 24.5 Å². The molecule has 0 radical (unpaired) electrons. The molecule has 9 heteroatoms. The number of rotatable bonds is 9. The van der Waals surface area contributed by atoms with Crippen molar-refractivity contribution in [3.63, 3.8) is 0 Å². The molecule has 0 spiro atoms. The van der Waals surface area contributed by atoms with Gasteiger partial charge in [0.25, 0.3) is 0 Å². The smallest absolute Gasteiger partial charge is 0.248 e. The molecule has 2 heterocycles. The Hall–Kier alpha value is -2.52. The maximum absolute atomic E-state index is 13.3. The molecule has 2 aromatic heterocycles. The van der Waals surface area contributed by atoms with Gasteiger partial charge in [0.1, 0.15) is 5.76 Å². The van der Waals surface area contributed by atoms with Crippen LogP contribution in [0.2, 0.25) is 0 Å². The van der Waals surface area contributed by atoms with Crippen LogP contribution in [-0.2, 0) is 26.8 Å². The molecular weight excluding hydrogens is 422 g/mol. The molecule has 0 bridgehead atoms. The third-order valence-corrected chi connectivity index (χ3v) is 7.32. The molecule has 0 aliphatic carbocycles. The van der Waals surface area contributed by atoms with Gasteiger partial charge in [-0.3, -0.25) is 4.79 Å². The highest BCUT2D eigenvalue weighted by atomic mass is 32.2. The molecule has 0 aliphatic heterocycles. The number of carbonyl (C=O) groups is 1. The van der Waals surface area contributed by atoms with E-state index in [0.29, 0.717) is 22.9 Å². The van der Waals surface area contributed by atoms with E-state index in [4.69, 9.17) is 4.52 Å². The van der Waals surface area contributed by atoms with Gasteiger partial charge < -0.3 is 9.84 Å². The Bertz CT molecular complexity index is 1090. The van der Waals surface area contributed by atoms with Gasteiger partial charge in [0, 0.05) is 11.4 Å². The molecule has 1 aromatic carbocycles. The summed E-state index contributed by atoms with van der Waals surface area (Å²) in [7, 11) is -3.89. The van der Waals surface area contributed by atoms with Crippen LogP contribution in [0.15, 0.2) is 46.3 Å². The van der Waals surface area contributed by atoms with E-state index < -0.39 is 21.0 Å². The van der Waals surface area contributed by atoms with Gasteiger partial charge >= 0.3 is 0 Å². The highest BCUT2D eigenvalue weighted by molar-refractivity contribution is 7.91. The number of sulfone groups is 1. The van der Waals surface area contributed by atoms with Gasteiger partial charge in [-0.2, -0.15) is 0 Å². The maximum atomic E-state index is 13.3. The molecule has 0 fully saturated rings. The van der Waals surface area contributed by atoms with Crippen LogP contribution in [0.5, 0.6) is 0 Å². The predicted octanol–water partition coefficient (Wildman–Crippen LogP) is 4.32. The van der Waals surface area contributed by atoms with E-state index in [0.717, 1.165) is 17.8 Å². The molecule has 0 aliphatic rings. The molecule has 7 nitrogen and oxygen atoms in total. The number of thiazole rings is 1. The number of aryl methyl sites for hydroxylation is 2. The number of carbonyl (C=O) groups excluding carboxylic acids is 1. The normalized spacial score (nSPS) is 12.8. The van der Waals surface area contributed by atoms with Crippen molar-refractivity contribution in [3.05, 3.63) is 63.8 Å². The van der Waals surface area contributed by atoms with Crippen LogP contribution < -0.4 is 5.32 Å². The van der Waals surface area contributed by atoms with E-state index in [2.05, 4.69) is 29.3 Å². The molecule has 1 unspecified atom stereocenters. The first-order valence-corrected chi connectivity index (χ1v) is 12.3. The van der Waals surface area contributed by atoms with E-state index in [1.54, 1.807) is 42.6 Å². The summed E-state index contributed by atoms with van der Waals surface area (Å²) in [5.41, 5.74) is 0.857. The fourth-order valence-electron chi connectivity index (χ4n) is 3.00. The molecule has 160 valence electrons. The Morgan fingerprint density at radius 3 is 2.60 bits per heavy atom. The van der Waals surface area contributed by atoms with Crippen LogP contribution in [0.4, 0.5) is 5.82 Å². The molecule has 0 saturated carbocycles. The Morgan fingerprint density at radius 2 is 1.97 bits per heavy atom. The van der Waals surface area contributed by atoms with Crippen molar-refractivity contribution in [2.75, 3.05) is 5.32 Å². The van der Waals surface area contributed by atoms with Gasteiger partial charge in [-0.15, -0.1) is 11.3 Å². The minimum absolute atomic E-state index is 0.179. The second-order valence-corrected chi connectivity index (χ2v) is 10.6. The van der Waals surface area contributed by atoms with E-state index in [9.17, 15) is 13.2 Å². The van der Waals surface area contributed by atoms with Crippen LogP contribution in [0, 0.1) is 12.8 Å². The van der Waals surface area contributed by atoms with E-state index >= 15 is 0 Å². The monoisotopic (exact) mass is 447 g/mol. The molecule has 1 N–H and O–H groups in total. The van der Waals surface area contributed by atoms with Crippen molar-refractivity contribution in [1.29, 1.82) is 0 Å². The number of anilines is 1. The first-order valence-electron chi connectivity index (χ1n) is 9.68. The van der Waals surface area contributed by atoms with Crippen LogP contribution >= 0.6 is 11.3 Å². The summed E-state index contributed by atoms with van der Waals surface area (Å²) < 4.78 is 31.5. The molecule has 3 rings (SSSR count). The highest BCUT2D eigenvalue weighted by Crippen LogP contribution is 2.28. The standard InChI is InChI=1S/C21H25N3O4S2/c1-14(2)9-10-19-22-17(12-29-19)13-30(26,27)20(16-7-5-4-6-8-16)21(25)23-18-11-15(3)28-24-18/h4-8,11-12,14,20H,9-10,13H2,1-3H3,(H,23,24,25). The Kier molecular flexibility index (Phi) is 7.04. The van der Waals surface area contributed by atoms with Gasteiger partial charge in [0.2, 0.25) is 5.91 Å². The molecule has 1 amide bonds. The average molecular weight is 448 g/mol. The average Bonchev–Trinajstić information content (AvgIpc) is 3.29. The SMILES string of the molecule is Cc1cc(NC(=O)C(c2ccccc2)S(=O)(=O)Cc2csc(CCC(C)C)n2)no1. The van der Waals surface area contributed by atoms with Crippen molar-refractivity contribution in [2.45, 2.75) is 44.6 Å². The number of hydrogen-bond acceptors (Lipinski definition) is 7. The van der Waals surface area contributed by atoms with Crippen LogP contribution in [0.25, 0.3) is 0 Å². The van der Waals surface area contributed by atoms with Crippen molar-refractivity contribution in [2.24, 2.45) is 5.92 Å². The summed E-state index contributed by atoms with van der Waals surface area (Å²) in [5.74, 6) is 0.256. The number of aromatic nitrogens is 2. The lowest BCUT2D eigenvalue weighted by atomic mass is 10.1. The Morgan fingerprint density at radius 1 is 1.23 bits per heavy atom. The second kappa shape index (κ2) is 9.53. The van der Waals surface area contributed by atoms with Gasteiger partial charge in [-0.1, -0.05) is 49.3 Å². The van der Waals surface area contributed by atoms with E-state index in [1.165, 1.54) is 17.4 Å². The lowest BCUT2D eigenvalue weighted by Crippen LogP contribution is -2.29. The second-order valence-electron chi connectivity index (χ2n) is 7.58. The zero-order valence-electron chi connectivity index (χ0n) is 17.2. The first-order chi connectivity index (χ1) is 14.2. The lowest BCUT2D eigenvalue weighted by molar-refractivity contribution is -0.116. The fraction of sp³-hybridized carbons (Fsp3) is 0.381. The Balaban J connectivity index is 1.84. The largest absolute Gasteiger partial charge is 0.360 e. The summed E-state index contributed by atoms with van der Waals surface area (Å²) in [4.78, 5) is 17.4. The summed E-state index contributed by atoms with van der Waals surface area (Å²) in [5, 5.41) is 7.56. The lowest BCUT2D eigenvalue weighted by Gasteiger charge is -2.16. The third kappa shape index (κ3) is 5.76. The third-order valence-electron chi connectivity index (χ3n) is 4.46. The number of hydrogen-bond donors (Lipinski definition) is 1. The molecule has 0 saturated heterocycles. The first kappa shape index (κ1) is 22.2. The van der Waals surface area contributed by atoms with Crippen LogP contribution in [0.1, 0.15) is 47.5 Å². The topological polar surface area (TPSA) is 102 Å². The van der Waals surface area contributed by atoms with Crippen molar-refractivity contribution in [3.8, 4) is 0 Å². The minimum Gasteiger partial charge on any atom is -0.360 e. The van der Waals surface area contributed by atoms with Gasteiger partial charge in [0.15, 0.2) is 20.9 Å². The van der Waals surface area contributed by atoms with Gasteiger partial charge in [-0.25, -0.2) is 13.4 Å². The maximum Gasteiger partial charge on any atom is 0.248 e. The number of nitrogens with zero attached hydrogens (tertiary/aromatic N) is 2. The Labute approximate surface area is 180 Å². The number of benzene rings is 1. The molecule has 1 atom stereocenters. The quantitative estimate of drug-likeness (QED) is 0.524. The fourth-order valence-corrected chi connectivity index (χ4v) is 5.60. The zero-order valence-corrected chi connectivity index (χ0v) is 18.8. The summed E-state index contributed by atoms with van der Waals surface area (Å²) in [6, 6.07) is 9.98. The zero-order chi connectivity index (χ0) is 21.7. The van der Waals surface area contributed by atoms with Crippen molar-refractivity contribution >= 4 is 32.9 Å². The van der Waals surface area contributed by atoms with Crippen LogP contribution in [0.3, 0.4) is 0 Å². The summed E-state index contributed by atoms with van der Waals surface area (Å²) in [6.45, 7) is 5.96. The van der Waals surface area contributed by atoms with E-state index in [1.807, 2.05) is 0 Å². The van der Waals surface area contributed by atoms with Crippen molar-refractivity contribution in [1.82, 2.24) is 10.1 Å². The molecule has 3 aromatic rings. The number of nitrogens with one attached hydrogen (secondary N) is 1. The molecule has 30 heavy (non-hydrogen) atoms. The predicted molar refractivity (Wildman–Crippen MR) is 117 cm³/mol. The highest BCUT2D eigenvalue weighted by Gasteiger charge is 2.35. The van der Waals surface area contributed by atoms with Gasteiger partial charge in [0.05, 0.1) is 16.5 Å². The minimum atomic E-state index is -3.89. The number of amides is 1. The van der Waals surface area contributed by atoms with Crippen molar-refractivity contribution < 1.29 is 17.7 Å². The van der Waals surface area contributed by atoms with Gasteiger partial charge in [-0.05, 0) is 31.2 Å². The summed E-state index contributed by atoms with van der Waals surface area (Å²) >= 11 is 1.46.